The van der Waals surface area contributed by atoms with Gasteiger partial charge in [0, 0.05) is 18.9 Å². The summed E-state index contributed by atoms with van der Waals surface area (Å²) < 4.78 is 31.4. The Labute approximate surface area is 183 Å². The quantitative estimate of drug-likeness (QED) is 0.684. The van der Waals surface area contributed by atoms with Crippen LogP contribution in [0.5, 0.6) is 0 Å². The van der Waals surface area contributed by atoms with E-state index in [4.69, 9.17) is 9.84 Å². The molecule has 2 aromatic rings. The van der Waals surface area contributed by atoms with Gasteiger partial charge in [0.25, 0.3) is 0 Å². The number of hydrogen-bond donors (Lipinski definition) is 2. The van der Waals surface area contributed by atoms with E-state index in [9.17, 15) is 23.2 Å². The molecule has 0 radical (unpaired) electrons. The van der Waals surface area contributed by atoms with Crippen molar-refractivity contribution < 1.29 is 33.0 Å². The van der Waals surface area contributed by atoms with Crippen LogP contribution in [0.4, 0.5) is 13.6 Å². The third kappa shape index (κ3) is 4.15. The van der Waals surface area contributed by atoms with Crippen LogP contribution in [-0.4, -0.2) is 59.6 Å². The molecule has 1 aliphatic heterocycles. The van der Waals surface area contributed by atoms with Gasteiger partial charge in [-0.3, -0.25) is 4.79 Å². The highest BCUT2D eigenvalue weighted by Crippen LogP contribution is 2.44. The summed E-state index contributed by atoms with van der Waals surface area (Å²) in [7, 11) is 0. The number of amides is 2. The number of alkyl carbamates (subject to hydrolysis) is 1. The van der Waals surface area contributed by atoms with Crippen LogP contribution in [0.2, 0.25) is 0 Å². The molecule has 2 unspecified atom stereocenters. The average Bonchev–Trinajstić information content (AvgIpc) is 3.04. The van der Waals surface area contributed by atoms with Crippen molar-refractivity contribution >= 4 is 18.0 Å². The van der Waals surface area contributed by atoms with Crippen LogP contribution in [0, 0.1) is 0 Å². The largest absolute Gasteiger partial charge is 0.480 e. The van der Waals surface area contributed by atoms with E-state index in [0.717, 1.165) is 27.2 Å². The lowest BCUT2D eigenvalue weighted by atomic mass is 9.98. The monoisotopic (exact) mass is 444 g/mol. The molecule has 2 N–H and O–H groups in total. The molecule has 1 fully saturated rings. The highest BCUT2D eigenvalue weighted by molar-refractivity contribution is 5.90. The van der Waals surface area contributed by atoms with Gasteiger partial charge in [-0.25, -0.2) is 18.4 Å². The number of hydrogen-bond acceptors (Lipinski definition) is 4. The van der Waals surface area contributed by atoms with E-state index in [-0.39, 0.29) is 25.5 Å². The molecule has 4 rings (SSSR count). The maximum absolute atomic E-state index is 13.0. The van der Waals surface area contributed by atoms with Gasteiger partial charge in [-0.2, -0.15) is 0 Å². The molecular weight excluding hydrogens is 422 g/mol. The van der Waals surface area contributed by atoms with Gasteiger partial charge in [0.1, 0.15) is 18.7 Å². The number of alkyl halides is 2. The molecule has 0 aromatic heterocycles. The zero-order chi connectivity index (χ0) is 22.8. The van der Waals surface area contributed by atoms with Crippen LogP contribution in [0.1, 0.15) is 29.9 Å². The summed E-state index contributed by atoms with van der Waals surface area (Å²) in [5.74, 6) is -2.27. The molecule has 0 saturated carbocycles. The fourth-order valence-corrected chi connectivity index (χ4v) is 4.29. The molecule has 7 nitrogen and oxygen atoms in total. The molecule has 0 bridgehead atoms. The summed E-state index contributed by atoms with van der Waals surface area (Å²) in [6.45, 7) is 0.110. The van der Waals surface area contributed by atoms with Crippen LogP contribution in [0.3, 0.4) is 0 Å². The van der Waals surface area contributed by atoms with Crippen molar-refractivity contribution in [2.75, 3.05) is 13.2 Å². The number of nitrogens with zero attached hydrogens (tertiary/aromatic N) is 1. The normalized spacial score (nSPS) is 17.8. The first kappa shape index (κ1) is 21.7. The number of carboxylic acids is 1. The maximum Gasteiger partial charge on any atom is 0.407 e. The molecule has 2 atom stereocenters. The smallest absolute Gasteiger partial charge is 0.407 e. The van der Waals surface area contributed by atoms with Gasteiger partial charge in [-0.15, -0.1) is 0 Å². The van der Waals surface area contributed by atoms with E-state index >= 15 is 0 Å². The zero-order valence-electron chi connectivity index (χ0n) is 17.0. The Morgan fingerprint density at radius 3 is 2.16 bits per heavy atom. The Kier molecular flexibility index (Phi) is 6.07. The second kappa shape index (κ2) is 8.94. The zero-order valence-corrected chi connectivity index (χ0v) is 17.0. The summed E-state index contributed by atoms with van der Waals surface area (Å²) in [5.41, 5.74) is 4.07. The van der Waals surface area contributed by atoms with E-state index in [2.05, 4.69) is 5.32 Å². The van der Waals surface area contributed by atoms with Crippen LogP contribution in [0.15, 0.2) is 48.5 Å². The Morgan fingerprint density at radius 2 is 1.66 bits per heavy atom. The fourth-order valence-electron chi connectivity index (χ4n) is 4.29. The van der Waals surface area contributed by atoms with E-state index in [1.807, 2.05) is 48.5 Å². The number of aliphatic carboxylic acids is 1. The van der Waals surface area contributed by atoms with Crippen molar-refractivity contribution in [2.45, 2.75) is 37.3 Å². The highest BCUT2D eigenvalue weighted by Gasteiger charge is 2.41. The summed E-state index contributed by atoms with van der Waals surface area (Å²) in [6, 6.07) is 12.9. The standard InChI is InChI=1S/C23H22F2N2O5/c24-20(25)11-18(21(28)27-10-9-19(27)22(29)30)26-23(31)32-12-17-15-7-3-1-5-13(15)14-6-2-4-8-16(14)17/h1-8,17-20H,9-12H2,(H,26,31)(H,29,30). The average molecular weight is 444 g/mol. The number of likely N-dealkylation sites (tertiary alicyclic amines) is 1. The molecule has 2 aromatic carbocycles. The topological polar surface area (TPSA) is 95.9 Å². The van der Waals surface area contributed by atoms with Crippen molar-refractivity contribution in [3.63, 3.8) is 0 Å². The predicted molar refractivity (Wildman–Crippen MR) is 110 cm³/mol. The van der Waals surface area contributed by atoms with Crippen molar-refractivity contribution in [1.82, 2.24) is 10.2 Å². The van der Waals surface area contributed by atoms with Crippen molar-refractivity contribution in [1.29, 1.82) is 0 Å². The van der Waals surface area contributed by atoms with Crippen LogP contribution < -0.4 is 5.32 Å². The lowest BCUT2D eigenvalue weighted by Gasteiger charge is -2.39. The number of carbonyl (C=O) groups is 3. The first-order valence-electron chi connectivity index (χ1n) is 10.3. The number of carboxylic acid groups (broad SMARTS) is 1. The Balaban J connectivity index is 1.43. The number of benzene rings is 2. The van der Waals surface area contributed by atoms with Gasteiger partial charge in [-0.1, -0.05) is 48.5 Å². The first-order valence-corrected chi connectivity index (χ1v) is 10.3. The van der Waals surface area contributed by atoms with Crippen molar-refractivity contribution in [2.24, 2.45) is 0 Å². The van der Waals surface area contributed by atoms with Gasteiger partial charge in [0.2, 0.25) is 12.3 Å². The molecule has 32 heavy (non-hydrogen) atoms. The number of ether oxygens (including phenoxy) is 1. The summed E-state index contributed by atoms with van der Waals surface area (Å²) in [5, 5.41) is 11.3. The summed E-state index contributed by atoms with van der Waals surface area (Å²) in [4.78, 5) is 37.1. The lowest BCUT2D eigenvalue weighted by molar-refractivity contribution is -0.158. The molecule has 1 heterocycles. The third-order valence-electron chi connectivity index (χ3n) is 5.94. The first-order chi connectivity index (χ1) is 15.4. The van der Waals surface area contributed by atoms with E-state index in [0.29, 0.717) is 0 Å². The minimum atomic E-state index is -2.86. The highest BCUT2D eigenvalue weighted by atomic mass is 19.3. The van der Waals surface area contributed by atoms with Crippen molar-refractivity contribution in [3.05, 3.63) is 59.7 Å². The molecule has 168 valence electrons. The third-order valence-corrected chi connectivity index (χ3v) is 5.94. The number of fused-ring (bicyclic) bond motifs is 3. The Bertz CT molecular complexity index is 999. The number of nitrogens with one attached hydrogen (secondary N) is 1. The SMILES string of the molecule is O=C(NC(CC(F)F)C(=O)N1CCC1C(=O)O)OCC1c2ccccc2-c2ccccc21. The van der Waals surface area contributed by atoms with Gasteiger partial charge in [0.15, 0.2) is 0 Å². The lowest BCUT2D eigenvalue weighted by Crippen LogP contribution is -2.60. The molecule has 2 amide bonds. The van der Waals surface area contributed by atoms with Gasteiger partial charge in [-0.05, 0) is 28.7 Å². The minimum absolute atomic E-state index is 0.0308. The fraction of sp³-hybridized carbons (Fsp3) is 0.348. The second-order valence-corrected chi connectivity index (χ2v) is 7.82. The minimum Gasteiger partial charge on any atom is -0.480 e. The second-order valence-electron chi connectivity index (χ2n) is 7.82. The molecule has 1 aliphatic carbocycles. The predicted octanol–water partition coefficient (Wildman–Crippen LogP) is 3.23. The van der Waals surface area contributed by atoms with Crippen molar-refractivity contribution in [3.8, 4) is 11.1 Å². The summed E-state index contributed by atoms with van der Waals surface area (Å²) >= 11 is 0. The maximum atomic E-state index is 13.0. The number of carbonyl (C=O) groups excluding carboxylic acids is 2. The van der Waals surface area contributed by atoms with E-state index in [1.165, 1.54) is 0 Å². The summed E-state index contributed by atoms with van der Waals surface area (Å²) in [6.07, 6.45) is -4.54. The number of halogens is 2. The van der Waals surface area contributed by atoms with Gasteiger partial charge < -0.3 is 20.1 Å². The van der Waals surface area contributed by atoms with Gasteiger partial charge in [0.05, 0.1) is 0 Å². The molecule has 1 saturated heterocycles. The number of rotatable bonds is 7. The van der Waals surface area contributed by atoms with E-state index < -0.39 is 42.9 Å². The molecule has 0 spiro atoms. The molecule has 2 aliphatic rings. The Hall–Kier alpha value is -3.49. The van der Waals surface area contributed by atoms with Crippen LogP contribution in [0.25, 0.3) is 11.1 Å². The van der Waals surface area contributed by atoms with E-state index in [1.54, 1.807) is 0 Å². The van der Waals surface area contributed by atoms with Gasteiger partial charge >= 0.3 is 12.1 Å². The Morgan fingerprint density at radius 1 is 1.06 bits per heavy atom. The molecule has 9 heteroatoms. The van der Waals surface area contributed by atoms with Crippen LogP contribution in [-0.2, 0) is 14.3 Å². The van der Waals surface area contributed by atoms with Crippen LogP contribution >= 0.6 is 0 Å². The molecular formula is C23H22F2N2O5.